The van der Waals surface area contributed by atoms with Crippen LogP contribution in [0.2, 0.25) is 0 Å². The lowest BCUT2D eigenvalue weighted by molar-refractivity contribution is -0.229. The van der Waals surface area contributed by atoms with Gasteiger partial charge in [-0.3, -0.25) is 4.79 Å². The number of carbonyl (C=O) groups excluding carboxylic acids is 1. The number of ether oxygens (including phenoxy) is 4. The number of carbonyl (C=O) groups is 1. The van der Waals surface area contributed by atoms with Crippen molar-refractivity contribution in [1.82, 2.24) is 0 Å². The molecule has 0 aromatic carbocycles. The molecule has 3 fully saturated rings. The van der Waals surface area contributed by atoms with Crippen LogP contribution in [0.5, 0.6) is 0 Å². The topological polar surface area (TPSA) is 54.0 Å². The van der Waals surface area contributed by atoms with E-state index in [4.69, 9.17) is 18.9 Å². The van der Waals surface area contributed by atoms with Crippen molar-refractivity contribution in [2.45, 2.75) is 58.0 Å². The van der Waals surface area contributed by atoms with E-state index in [1.54, 1.807) is 0 Å². The number of hydrogen-bond donors (Lipinski definition) is 0. The van der Waals surface area contributed by atoms with Crippen LogP contribution >= 0.6 is 0 Å². The summed E-state index contributed by atoms with van der Waals surface area (Å²) >= 11 is 0. The molecule has 2 heterocycles. The average Bonchev–Trinajstić information content (AvgIpc) is 3.18. The Hall–Kier alpha value is -0.750. The summed E-state index contributed by atoms with van der Waals surface area (Å²) in [6.45, 7) is 12.2. The highest BCUT2D eigenvalue weighted by atomic mass is 16.7. The van der Waals surface area contributed by atoms with Crippen LogP contribution in [0, 0.1) is 11.3 Å². The summed E-state index contributed by atoms with van der Waals surface area (Å²) in [7, 11) is 0. The van der Waals surface area contributed by atoms with E-state index < -0.39 is 17.0 Å². The van der Waals surface area contributed by atoms with Crippen molar-refractivity contribution in [3.8, 4) is 0 Å². The van der Waals surface area contributed by atoms with Gasteiger partial charge in [0, 0.05) is 12.8 Å². The Morgan fingerprint density at radius 3 is 2.17 bits per heavy atom. The second kappa shape index (κ2) is 5.96. The van der Waals surface area contributed by atoms with E-state index in [1.807, 2.05) is 20.8 Å². The molecular weight excluding hydrogens is 296 g/mol. The lowest BCUT2D eigenvalue weighted by Crippen LogP contribution is -2.51. The molecule has 2 atom stereocenters. The molecule has 1 aliphatic carbocycles. The molecule has 5 heteroatoms. The quantitative estimate of drug-likeness (QED) is 0.728. The lowest BCUT2D eigenvalue weighted by atomic mass is 9.72. The van der Waals surface area contributed by atoms with Crippen LogP contribution in [0.15, 0.2) is 12.2 Å². The van der Waals surface area contributed by atoms with Crippen LogP contribution in [0.3, 0.4) is 0 Å². The van der Waals surface area contributed by atoms with E-state index in [2.05, 4.69) is 6.58 Å². The SMILES string of the molecule is C=C(C)[C@@H]1CC(=O)[C@](CCC2(C)OCCO2)(C2(C)OCCO2)C1. The van der Waals surface area contributed by atoms with Crippen LogP contribution in [0.25, 0.3) is 0 Å². The summed E-state index contributed by atoms with van der Waals surface area (Å²) in [6.07, 6.45) is 2.55. The van der Waals surface area contributed by atoms with Crippen LogP contribution in [0.4, 0.5) is 0 Å². The van der Waals surface area contributed by atoms with Crippen molar-refractivity contribution in [2.24, 2.45) is 11.3 Å². The van der Waals surface area contributed by atoms with E-state index in [0.717, 1.165) is 12.0 Å². The van der Waals surface area contributed by atoms with E-state index in [9.17, 15) is 4.79 Å². The fraction of sp³-hybridized carbons (Fsp3) is 0.833. The van der Waals surface area contributed by atoms with Crippen LogP contribution < -0.4 is 0 Å². The molecule has 2 saturated heterocycles. The van der Waals surface area contributed by atoms with Gasteiger partial charge in [-0.2, -0.15) is 0 Å². The number of allylic oxidation sites excluding steroid dienone is 1. The predicted molar refractivity (Wildman–Crippen MR) is 84.8 cm³/mol. The van der Waals surface area contributed by atoms with Gasteiger partial charge in [-0.05, 0) is 39.5 Å². The monoisotopic (exact) mass is 324 g/mol. The summed E-state index contributed by atoms with van der Waals surface area (Å²) in [4.78, 5) is 13.0. The normalized spacial score (nSPS) is 35.8. The Morgan fingerprint density at radius 1 is 1.09 bits per heavy atom. The lowest BCUT2D eigenvalue weighted by Gasteiger charge is -2.42. The first kappa shape index (κ1) is 17.1. The van der Waals surface area contributed by atoms with Gasteiger partial charge >= 0.3 is 0 Å². The molecule has 3 aliphatic rings. The van der Waals surface area contributed by atoms with Gasteiger partial charge in [0.15, 0.2) is 11.6 Å². The molecule has 0 amide bonds. The van der Waals surface area contributed by atoms with Crippen LogP contribution in [-0.2, 0) is 23.7 Å². The molecule has 0 aromatic heterocycles. The third-order valence-corrected chi connectivity index (χ3v) is 5.87. The third-order valence-electron chi connectivity index (χ3n) is 5.87. The number of hydrogen-bond acceptors (Lipinski definition) is 5. The maximum Gasteiger partial charge on any atom is 0.178 e. The summed E-state index contributed by atoms with van der Waals surface area (Å²) < 4.78 is 23.3. The Balaban J connectivity index is 1.85. The van der Waals surface area contributed by atoms with Crippen molar-refractivity contribution >= 4 is 5.78 Å². The fourth-order valence-electron chi connectivity index (χ4n) is 4.21. The minimum Gasteiger partial charge on any atom is -0.348 e. The fourth-order valence-corrected chi connectivity index (χ4v) is 4.21. The first-order chi connectivity index (χ1) is 10.8. The minimum atomic E-state index is -0.858. The van der Waals surface area contributed by atoms with Gasteiger partial charge in [0.05, 0.1) is 31.8 Å². The Bertz CT molecular complexity index is 488. The van der Waals surface area contributed by atoms with Crippen LogP contribution in [-0.4, -0.2) is 43.8 Å². The second-order valence-electron chi connectivity index (χ2n) is 7.43. The molecule has 0 unspecified atom stereocenters. The van der Waals surface area contributed by atoms with Gasteiger partial charge in [-0.1, -0.05) is 12.2 Å². The van der Waals surface area contributed by atoms with E-state index in [1.165, 1.54) is 0 Å². The zero-order valence-electron chi connectivity index (χ0n) is 14.5. The highest BCUT2D eigenvalue weighted by Crippen LogP contribution is 2.55. The molecule has 3 rings (SSSR count). The van der Waals surface area contributed by atoms with Crippen LogP contribution in [0.1, 0.15) is 46.5 Å². The zero-order chi connectivity index (χ0) is 16.7. The Labute approximate surface area is 138 Å². The molecule has 0 N–H and O–H groups in total. The van der Waals surface area contributed by atoms with E-state index in [0.29, 0.717) is 45.7 Å². The predicted octanol–water partition coefficient (Wildman–Crippen LogP) is 2.83. The van der Waals surface area contributed by atoms with Crippen molar-refractivity contribution in [3.05, 3.63) is 12.2 Å². The maximum absolute atomic E-state index is 13.0. The second-order valence-corrected chi connectivity index (χ2v) is 7.43. The molecule has 5 nitrogen and oxygen atoms in total. The molecule has 0 radical (unpaired) electrons. The summed E-state index contributed by atoms with van der Waals surface area (Å²) in [5, 5.41) is 0. The highest BCUT2D eigenvalue weighted by Gasteiger charge is 2.61. The van der Waals surface area contributed by atoms with Gasteiger partial charge in [-0.25, -0.2) is 0 Å². The molecule has 1 saturated carbocycles. The van der Waals surface area contributed by atoms with Crippen molar-refractivity contribution in [3.63, 3.8) is 0 Å². The number of Topliss-reactive ketones (excluding diaryl/α,β-unsaturated/α-hetero) is 1. The molecular formula is C18H28O5. The Kier molecular flexibility index (Phi) is 4.42. The smallest absolute Gasteiger partial charge is 0.178 e. The van der Waals surface area contributed by atoms with Gasteiger partial charge in [0.2, 0.25) is 0 Å². The van der Waals surface area contributed by atoms with Gasteiger partial charge < -0.3 is 18.9 Å². The molecule has 23 heavy (non-hydrogen) atoms. The number of rotatable bonds is 5. The van der Waals surface area contributed by atoms with Gasteiger partial charge in [0.25, 0.3) is 0 Å². The highest BCUT2D eigenvalue weighted by molar-refractivity contribution is 5.88. The van der Waals surface area contributed by atoms with Crippen molar-refractivity contribution < 1.29 is 23.7 Å². The third kappa shape index (κ3) is 2.88. The molecule has 130 valence electrons. The minimum absolute atomic E-state index is 0.199. The summed E-state index contributed by atoms with van der Waals surface area (Å²) in [5.41, 5.74) is 0.409. The molecule has 2 aliphatic heterocycles. The molecule has 0 spiro atoms. The zero-order valence-corrected chi connectivity index (χ0v) is 14.5. The molecule has 0 bridgehead atoms. The average molecular weight is 324 g/mol. The maximum atomic E-state index is 13.0. The van der Waals surface area contributed by atoms with E-state index >= 15 is 0 Å². The Morgan fingerprint density at radius 2 is 1.65 bits per heavy atom. The van der Waals surface area contributed by atoms with Crippen molar-refractivity contribution in [1.29, 1.82) is 0 Å². The van der Waals surface area contributed by atoms with Gasteiger partial charge in [0.1, 0.15) is 5.78 Å². The number of ketones is 1. The summed E-state index contributed by atoms with van der Waals surface area (Å²) in [6, 6.07) is 0. The molecule has 0 aromatic rings. The van der Waals surface area contributed by atoms with Gasteiger partial charge in [-0.15, -0.1) is 0 Å². The van der Waals surface area contributed by atoms with E-state index in [-0.39, 0.29) is 11.7 Å². The largest absolute Gasteiger partial charge is 0.348 e. The first-order valence-electron chi connectivity index (χ1n) is 8.55. The first-order valence-corrected chi connectivity index (χ1v) is 8.55. The summed E-state index contributed by atoms with van der Waals surface area (Å²) in [5.74, 6) is -1.05. The van der Waals surface area contributed by atoms with Crippen molar-refractivity contribution in [2.75, 3.05) is 26.4 Å². The standard InChI is InChI=1S/C18H28O5/c1-13(2)14-11-15(19)18(12-14,17(4)22-9-10-23-17)6-5-16(3)20-7-8-21-16/h14H,1,5-12H2,2-4H3/t14-,18-/m1/s1.